The van der Waals surface area contributed by atoms with E-state index in [0.717, 1.165) is 30.6 Å². The molecule has 1 rings (SSSR count). The van der Waals surface area contributed by atoms with E-state index in [1.54, 1.807) is 0 Å². The van der Waals surface area contributed by atoms with Crippen LogP contribution >= 0.6 is 11.6 Å². The lowest BCUT2D eigenvalue weighted by molar-refractivity contribution is 0.280. The molecule has 0 fully saturated rings. The third-order valence-corrected chi connectivity index (χ3v) is 3.17. The largest absolute Gasteiger partial charge is 0.391 e. The van der Waals surface area contributed by atoms with Gasteiger partial charge in [-0.05, 0) is 24.7 Å². The Hall–Kier alpha value is -0.540. The summed E-state index contributed by atoms with van der Waals surface area (Å²) >= 11 is 6.24. The van der Waals surface area contributed by atoms with Crippen molar-refractivity contribution >= 4 is 11.6 Å². The summed E-state index contributed by atoms with van der Waals surface area (Å²) in [5.74, 6) is 1.14. The molecule has 1 aromatic heterocycles. The van der Waals surface area contributed by atoms with Crippen LogP contribution in [-0.2, 0) is 19.6 Å². The number of rotatable bonds is 6. The smallest absolute Gasteiger partial charge is 0.132 e. The van der Waals surface area contributed by atoms with Crippen LogP contribution in [0.4, 0.5) is 0 Å². The molecule has 3 nitrogen and oxygen atoms in total. The predicted molar refractivity (Wildman–Crippen MR) is 71.2 cm³/mol. The van der Waals surface area contributed by atoms with Gasteiger partial charge in [-0.2, -0.15) is 5.10 Å². The van der Waals surface area contributed by atoms with E-state index in [1.807, 2.05) is 4.68 Å². The number of aliphatic hydroxyl groups is 1. The van der Waals surface area contributed by atoms with Crippen molar-refractivity contribution < 1.29 is 5.11 Å². The molecular weight excluding hydrogens is 236 g/mol. The molecule has 0 bridgehead atoms. The molecule has 4 heteroatoms. The van der Waals surface area contributed by atoms with Gasteiger partial charge in [0.25, 0.3) is 0 Å². The van der Waals surface area contributed by atoms with E-state index in [1.165, 1.54) is 0 Å². The van der Waals surface area contributed by atoms with E-state index in [2.05, 4.69) is 32.8 Å². The van der Waals surface area contributed by atoms with Gasteiger partial charge in [0.15, 0.2) is 0 Å². The topological polar surface area (TPSA) is 38.0 Å². The van der Waals surface area contributed by atoms with Gasteiger partial charge >= 0.3 is 0 Å². The SMILES string of the molecule is CC(C)CCn1nc(CC(C)C)c(CO)c1Cl. The second-order valence-corrected chi connectivity index (χ2v) is 5.74. The molecule has 17 heavy (non-hydrogen) atoms. The van der Waals surface area contributed by atoms with Crippen LogP contribution in [-0.4, -0.2) is 14.9 Å². The molecule has 0 radical (unpaired) electrons. The van der Waals surface area contributed by atoms with Crippen molar-refractivity contribution in [3.05, 3.63) is 16.4 Å². The Morgan fingerprint density at radius 3 is 2.35 bits per heavy atom. The highest BCUT2D eigenvalue weighted by Crippen LogP contribution is 2.23. The first kappa shape index (κ1) is 14.5. The highest BCUT2D eigenvalue weighted by Gasteiger charge is 2.16. The number of aliphatic hydroxyl groups excluding tert-OH is 1. The zero-order valence-electron chi connectivity index (χ0n) is 11.2. The molecule has 0 saturated carbocycles. The summed E-state index contributed by atoms with van der Waals surface area (Å²) in [5.41, 5.74) is 1.74. The van der Waals surface area contributed by atoms with Gasteiger partial charge < -0.3 is 5.11 Å². The average Bonchev–Trinajstić information content (AvgIpc) is 2.51. The van der Waals surface area contributed by atoms with Crippen molar-refractivity contribution in [1.29, 1.82) is 0 Å². The number of nitrogens with zero attached hydrogens (tertiary/aromatic N) is 2. The molecule has 1 heterocycles. The Labute approximate surface area is 109 Å². The molecule has 0 aliphatic rings. The Morgan fingerprint density at radius 1 is 1.24 bits per heavy atom. The summed E-state index contributed by atoms with van der Waals surface area (Å²) in [4.78, 5) is 0. The van der Waals surface area contributed by atoms with Gasteiger partial charge in [0.2, 0.25) is 0 Å². The summed E-state index contributed by atoms with van der Waals surface area (Å²) in [5, 5.41) is 14.5. The quantitative estimate of drug-likeness (QED) is 0.850. The number of hydrogen-bond acceptors (Lipinski definition) is 2. The molecule has 98 valence electrons. The lowest BCUT2D eigenvalue weighted by atomic mass is 10.1. The summed E-state index contributed by atoms with van der Waals surface area (Å²) in [7, 11) is 0. The second kappa shape index (κ2) is 6.41. The fourth-order valence-corrected chi connectivity index (χ4v) is 2.05. The van der Waals surface area contributed by atoms with Gasteiger partial charge in [0, 0.05) is 12.1 Å². The first-order valence-electron chi connectivity index (χ1n) is 6.30. The van der Waals surface area contributed by atoms with Gasteiger partial charge in [-0.1, -0.05) is 39.3 Å². The molecule has 0 aliphatic heterocycles. The molecule has 0 atom stereocenters. The standard InChI is InChI=1S/C13H23ClN2O/c1-9(2)5-6-16-13(14)11(8-17)12(15-16)7-10(3)4/h9-10,17H,5-8H2,1-4H3. The lowest BCUT2D eigenvalue weighted by Gasteiger charge is -2.05. The first-order valence-corrected chi connectivity index (χ1v) is 6.68. The normalized spacial score (nSPS) is 11.8. The maximum Gasteiger partial charge on any atom is 0.132 e. The zero-order chi connectivity index (χ0) is 13.0. The van der Waals surface area contributed by atoms with E-state index < -0.39 is 0 Å². The molecule has 0 unspecified atom stereocenters. The third kappa shape index (κ3) is 4.00. The summed E-state index contributed by atoms with van der Waals surface area (Å²) in [6.07, 6.45) is 1.91. The van der Waals surface area contributed by atoms with E-state index in [9.17, 15) is 5.11 Å². The molecule has 0 amide bonds. The van der Waals surface area contributed by atoms with Crippen LogP contribution in [0.1, 0.15) is 45.4 Å². The minimum atomic E-state index is -0.0252. The second-order valence-electron chi connectivity index (χ2n) is 5.38. The van der Waals surface area contributed by atoms with E-state index in [4.69, 9.17) is 11.6 Å². The summed E-state index contributed by atoms with van der Waals surface area (Å²) < 4.78 is 1.82. The van der Waals surface area contributed by atoms with Crippen LogP contribution in [0.2, 0.25) is 5.15 Å². The number of halogens is 1. The van der Waals surface area contributed by atoms with Crippen molar-refractivity contribution in [3.63, 3.8) is 0 Å². The summed E-state index contributed by atoms with van der Waals surface area (Å²) in [6, 6.07) is 0. The monoisotopic (exact) mass is 258 g/mol. The Balaban J connectivity index is 2.88. The Kier molecular flexibility index (Phi) is 5.47. The van der Waals surface area contributed by atoms with Crippen LogP contribution in [0.15, 0.2) is 0 Å². The van der Waals surface area contributed by atoms with Gasteiger partial charge in [-0.3, -0.25) is 4.68 Å². The van der Waals surface area contributed by atoms with Crippen LogP contribution in [0.3, 0.4) is 0 Å². The van der Waals surface area contributed by atoms with Crippen LogP contribution in [0, 0.1) is 11.8 Å². The van der Waals surface area contributed by atoms with Gasteiger partial charge in [-0.25, -0.2) is 0 Å². The molecule has 1 aromatic rings. The number of aryl methyl sites for hydroxylation is 1. The lowest BCUT2D eigenvalue weighted by Crippen LogP contribution is -2.04. The Morgan fingerprint density at radius 2 is 1.88 bits per heavy atom. The van der Waals surface area contributed by atoms with Crippen LogP contribution < -0.4 is 0 Å². The van der Waals surface area contributed by atoms with Crippen molar-refractivity contribution in [2.45, 2.75) is 53.7 Å². The fraction of sp³-hybridized carbons (Fsp3) is 0.769. The van der Waals surface area contributed by atoms with Gasteiger partial charge in [0.1, 0.15) is 5.15 Å². The van der Waals surface area contributed by atoms with Gasteiger partial charge in [0.05, 0.1) is 12.3 Å². The first-order chi connectivity index (χ1) is 7.95. The molecule has 0 aromatic carbocycles. The van der Waals surface area contributed by atoms with Crippen molar-refractivity contribution in [1.82, 2.24) is 9.78 Å². The molecule has 0 saturated heterocycles. The van der Waals surface area contributed by atoms with Crippen LogP contribution in [0.5, 0.6) is 0 Å². The minimum absolute atomic E-state index is 0.0252. The van der Waals surface area contributed by atoms with Crippen molar-refractivity contribution in [3.8, 4) is 0 Å². The number of aromatic nitrogens is 2. The minimum Gasteiger partial charge on any atom is -0.391 e. The highest BCUT2D eigenvalue weighted by atomic mass is 35.5. The molecule has 1 N–H and O–H groups in total. The third-order valence-electron chi connectivity index (χ3n) is 2.74. The maximum absolute atomic E-state index is 9.37. The molecular formula is C13H23ClN2O. The maximum atomic E-state index is 9.37. The molecule has 0 spiro atoms. The van der Waals surface area contributed by atoms with E-state index in [-0.39, 0.29) is 6.61 Å². The van der Waals surface area contributed by atoms with Crippen LogP contribution in [0.25, 0.3) is 0 Å². The Bertz CT molecular complexity index is 359. The predicted octanol–water partition coefficient (Wildman–Crippen LogP) is 3.27. The van der Waals surface area contributed by atoms with Gasteiger partial charge in [-0.15, -0.1) is 0 Å². The highest BCUT2D eigenvalue weighted by molar-refractivity contribution is 6.30. The summed E-state index contributed by atoms with van der Waals surface area (Å²) in [6.45, 7) is 9.44. The number of hydrogen-bond donors (Lipinski definition) is 1. The zero-order valence-corrected chi connectivity index (χ0v) is 12.0. The van der Waals surface area contributed by atoms with Crippen molar-refractivity contribution in [2.75, 3.05) is 0 Å². The average molecular weight is 259 g/mol. The fourth-order valence-electron chi connectivity index (χ4n) is 1.76. The molecule has 0 aliphatic carbocycles. The van der Waals surface area contributed by atoms with Crippen molar-refractivity contribution in [2.24, 2.45) is 11.8 Å². The van der Waals surface area contributed by atoms with E-state index >= 15 is 0 Å². The van der Waals surface area contributed by atoms with E-state index in [0.29, 0.717) is 17.0 Å².